The lowest BCUT2D eigenvalue weighted by Gasteiger charge is -2.07. The summed E-state index contributed by atoms with van der Waals surface area (Å²) in [7, 11) is 0. The van der Waals surface area contributed by atoms with Gasteiger partial charge in [0.25, 0.3) is 0 Å². The Kier molecular flexibility index (Phi) is 3.79. The molecule has 0 saturated carbocycles. The van der Waals surface area contributed by atoms with Crippen LogP contribution in [0.4, 0.5) is 20.2 Å². The molecular weight excluding hydrogens is 322 g/mol. The third-order valence-electron chi connectivity index (χ3n) is 2.24. The molecule has 5 nitrogen and oxygen atoms in total. The molecule has 3 N–H and O–H groups in total. The zero-order valence-electron chi connectivity index (χ0n) is 9.53. The maximum absolute atomic E-state index is 13.4. The molecule has 1 aromatic heterocycles. The molecule has 2 rings (SSSR count). The fraction of sp³-hybridized carbons (Fsp3) is 0.0909. The Hall–Kier alpha value is -1.96. The van der Waals surface area contributed by atoms with E-state index >= 15 is 0 Å². The number of hydrogen-bond donors (Lipinski definition) is 2. The molecule has 0 bridgehead atoms. The second-order valence-corrected chi connectivity index (χ2v) is 4.62. The Morgan fingerprint density at radius 3 is 2.79 bits per heavy atom. The predicted octanol–water partition coefficient (Wildman–Crippen LogP) is 2.14. The Morgan fingerprint density at radius 1 is 1.42 bits per heavy atom. The second kappa shape index (κ2) is 5.35. The highest BCUT2D eigenvalue weighted by molar-refractivity contribution is 9.10. The van der Waals surface area contributed by atoms with Crippen LogP contribution < -0.4 is 11.1 Å². The summed E-state index contributed by atoms with van der Waals surface area (Å²) in [4.78, 5) is 11.7. The number of anilines is 2. The first-order valence-electron chi connectivity index (χ1n) is 5.18. The number of hydrogen-bond acceptors (Lipinski definition) is 3. The molecule has 0 aliphatic carbocycles. The molecule has 0 atom stereocenters. The van der Waals surface area contributed by atoms with Crippen LogP contribution in [0.3, 0.4) is 0 Å². The van der Waals surface area contributed by atoms with E-state index < -0.39 is 17.5 Å². The standard InChI is InChI=1S/C11H9BrF2N4O/c12-7-1-10(9(14)2-8(7)13)17-11(19)5-18-4-6(15)3-16-18/h1-4H,5,15H2,(H,17,19). The maximum Gasteiger partial charge on any atom is 0.246 e. The fourth-order valence-electron chi connectivity index (χ4n) is 1.42. The third-order valence-corrected chi connectivity index (χ3v) is 2.85. The molecule has 1 aromatic carbocycles. The molecule has 19 heavy (non-hydrogen) atoms. The molecule has 2 aromatic rings. The van der Waals surface area contributed by atoms with Gasteiger partial charge in [-0.25, -0.2) is 8.78 Å². The number of rotatable bonds is 3. The molecule has 0 aliphatic heterocycles. The van der Waals surface area contributed by atoms with Crippen molar-refractivity contribution in [2.24, 2.45) is 0 Å². The number of carbonyl (C=O) groups excluding carboxylic acids is 1. The van der Waals surface area contributed by atoms with Crippen LogP contribution in [-0.2, 0) is 11.3 Å². The lowest BCUT2D eigenvalue weighted by molar-refractivity contribution is -0.116. The van der Waals surface area contributed by atoms with Crippen LogP contribution in [0.1, 0.15) is 0 Å². The lowest BCUT2D eigenvalue weighted by atomic mass is 10.3. The van der Waals surface area contributed by atoms with Crippen LogP contribution in [0.15, 0.2) is 29.0 Å². The third kappa shape index (κ3) is 3.28. The second-order valence-electron chi connectivity index (χ2n) is 3.77. The number of aromatic nitrogens is 2. The molecule has 0 saturated heterocycles. The average molecular weight is 331 g/mol. The Balaban J connectivity index is 2.09. The number of nitrogens with zero attached hydrogens (tertiary/aromatic N) is 2. The summed E-state index contributed by atoms with van der Waals surface area (Å²) in [6.07, 6.45) is 2.86. The first-order chi connectivity index (χ1) is 8.95. The van der Waals surface area contributed by atoms with Crippen molar-refractivity contribution in [1.82, 2.24) is 9.78 Å². The van der Waals surface area contributed by atoms with Crippen LogP contribution >= 0.6 is 15.9 Å². The summed E-state index contributed by atoms with van der Waals surface area (Å²) in [5.74, 6) is -2.09. The van der Waals surface area contributed by atoms with E-state index in [4.69, 9.17) is 5.73 Å². The molecule has 0 radical (unpaired) electrons. The first-order valence-corrected chi connectivity index (χ1v) is 5.97. The average Bonchev–Trinajstić information content (AvgIpc) is 2.71. The minimum absolute atomic E-state index is 0.0625. The van der Waals surface area contributed by atoms with Crippen molar-refractivity contribution < 1.29 is 13.6 Å². The molecule has 0 spiro atoms. The SMILES string of the molecule is Nc1cnn(CC(=O)Nc2cc(Br)c(F)cc2F)c1. The van der Waals surface area contributed by atoms with E-state index in [1.165, 1.54) is 17.1 Å². The van der Waals surface area contributed by atoms with Crippen molar-refractivity contribution in [2.45, 2.75) is 6.54 Å². The van der Waals surface area contributed by atoms with Crippen LogP contribution in [-0.4, -0.2) is 15.7 Å². The summed E-state index contributed by atoms with van der Waals surface area (Å²) in [6.45, 7) is -0.119. The largest absolute Gasteiger partial charge is 0.396 e. The zero-order valence-corrected chi connectivity index (χ0v) is 11.1. The molecule has 0 unspecified atom stereocenters. The van der Waals surface area contributed by atoms with Gasteiger partial charge in [0.2, 0.25) is 5.91 Å². The van der Waals surface area contributed by atoms with E-state index in [0.717, 1.165) is 6.07 Å². The summed E-state index contributed by atoms with van der Waals surface area (Å²) in [6, 6.07) is 1.84. The molecule has 1 heterocycles. The zero-order chi connectivity index (χ0) is 14.0. The number of carbonyl (C=O) groups is 1. The van der Waals surface area contributed by atoms with Crippen molar-refractivity contribution in [3.05, 3.63) is 40.6 Å². The Labute approximate surface area is 115 Å². The van der Waals surface area contributed by atoms with E-state index in [2.05, 4.69) is 26.3 Å². The number of nitrogens with one attached hydrogen (secondary N) is 1. The van der Waals surface area contributed by atoms with Crippen LogP contribution in [0.25, 0.3) is 0 Å². The molecule has 1 amide bonds. The lowest BCUT2D eigenvalue weighted by Crippen LogP contribution is -2.19. The van der Waals surface area contributed by atoms with Gasteiger partial charge in [0, 0.05) is 12.3 Å². The van der Waals surface area contributed by atoms with E-state index in [0.29, 0.717) is 11.8 Å². The number of nitrogens with two attached hydrogens (primary N) is 1. The van der Waals surface area contributed by atoms with Crippen molar-refractivity contribution in [3.8, 4) is 0 Å². The minimum atomic E-state index is -0.853. The Morgan fingerprint density at radius 2 is 2.16 bits per heavy atom. The van der Waals surface area contributed by atoms with Gasteiger partial charge < -0.3 is 11.1 Å². The molecule has 100 valence electrons. The van der Waals surface area contributed by atoms with Gasteiger partial charge >= 0.3 is 0 Å². The minimum Gasteiger partial charge on any atom is -0.396 e. The van der Waals surface area contributed by atoms with E-state index in [9.17, 15) is 13.6 Å². The van der Waals surface area contributed by atoms with Gasteiger partial charge in [-0.2, -0.15) is 5.10 Å². The Bertz CT molecular complexity index is 629. The van der Waals surface area contributed by atoms with E-state index in [-0.39, 0.29) is 16.7 Å². The van der Waals surface area contributed by atoms with Gasteiger partial charge in [0.05, 0.1) is 22.0 Å². The summed E-state index contributed by atoms with van der Waals surface area (Å²) in [5, 5.41) is 6.14. The summed E-state index contributed by atoms with van der Waals surface area (Å²) < 4.78 is 27.8. The number of halogens is 3. The number of nitrogen functional groups attached to an aromatic ring is 1. The van der Waals surface area contributed by atoms with Gasteiger partial charge in [-0.3, -0.25) is 9.48 Å². The molecule has 0 fully saturated rings. The fourth-order valence-corrected chi connectivity index (χ4v) is 1.76. The van der Waals surface area contributed by atoms with Gasteiger partial charge in [0.1, 0.15) is 18.2 Å². The highest BCUT2D eigenvalue weighted by Crippen LogP contribution is 2.23. The molecule has 8 heteroatoms. The van der Waals surface area contributed by atoms with Crippen molar-refractivity contribution in [2.75, 3.05) is 11.1 Å². The van der Waals surface area contributed by atoms with Crippen molar-refractivity contribution in [1.29, 1.82) is 0 Å². The summed E-state index contributed by atoms with van der Waals surface area (Å²) >= 11 is 2.91. The predicted molar refractivity (Wildman–Crippen MR) is 69.3 cm³/mol. The van der Waals surface area contributed by atoms with Crippen molar-refractivity contribution >= 4 is 33.2 Å². The highest BCUT2D eigenvalue weighted by Gasteiger charge is 2.11. The quantitative estimate of drug-likeness (QED) is 0.847. The van der Waals surface area contributed by atoms with Gasteiger partial charge in [-0.05, 0) is 22.0 Å². The topological polar surface area (TPSA) is 72.9 Å². The molecular formula is C11H9BrF2N4O. The first kappa shape index (κ1) is 13.5. The number of benzene rings is 1. The van der Waals surface area contributed by atoms with Crippen LogP contribution in [0.5, 0.6) is 0 Å². The monoisotopic (exact) mass is 330 g/mol. The molecule has 0 aliphatic rings. The van der Waals surface area contributed by atoms with E-state index in [1.54, 1.807) is 0 Å². The van der Waals surface area contributed by atoms with Crippen LogP contribution in [0.2, 0.25) is 0 Å². The highest BCUT2D eigenvalue weighted by atomic mass is 79.9. The van der Waals surface area contributed by atoms with Gasteiger partial charge in [-0.1, -0.05) is 0 Å². The van der Waals surface area contributed by atoms with Gasteiger partial charge in [-0.15, -0.1) is 0 Å². The van der Waals surface area contributed by atoms with Crippen molar-refractivity contribution in [3.63, 3.8) is 0 Å². The van der Waals surface area contributed by atoms with E-state index in [1.807, 2.05) is 0 Å². The maximum atomic E-state index is 13.4. The number of amides is 1. The normalized spacial score (nSPS) is 10.5. The summed E-state index contributed by atoms with van der Waals surface area (Å²) in [5.41, 5.74) is 5.75. The smallest absolute Gasteiger partial charge is 0.246 e. The van der Waals surface area contributed by atoms with Crippen LogP contribution in [0, 0.1) is 11.6 Å². The van der Waals surface area contributed by atoms with Gasteiger partial charge in [0.15, 0.2) is 0 Å².